The van der Waals surface area contributed by atoms with E-state index in [-0.39, 0.29) is 40.2 Å². The van der Waals surface area contributed by atoms with Crippen LogP contribution in [0.1, 0.15) is 47.6 Å². The second-order valence-corrected chi connectivity index (χ2v) is 8.76. The molecule has 1 aromatic carbocycles. The Morgan fingerprint density at radius 1 is 1.16 bits per heavy atom. The van der Waals surface area contributed by atoms with Crippen molar-refractivity contribution in [1.82, 2.24) is 29.3 Å². The highest BCUT2D eigenvalue weighted by molar-refractivity contribution is 5.88. The van der Waals surface area contributed by atoms with Gasteiger partial charge < -0.3 is 4.74 Å². The summed E-state index contributed by atoms with van der Waals surface area (Å²) in [6, 6.07) is 5.29. The number of aromatic nitrogens is 6. The summed E-state index contributed by atoms with van der Waals surface area (Å²) in [6.07, 6.45) is -0.907. The van der Waals surface area contributed by atoms with Crippen LogP contribution in [0.3, 0.4) is 0 Å². The Bertz CT molecular complexity index is 1620. The maximum atomic E-state index is 15.1. The van der Waals surface area contributed by atoms with Gasteiger partial charge in [-0.3, -0.25) is 14.0 Å². The van der Waals surface area contributed by atoms with Crippen molar-refractivity contribution < 1.29 is 22.3 Å². The molecule has 4 aromatic rings. The fourth-order valence-electron chi connectivity index (χ4n) is 4.43. The summed E-state index contributed by atoms with van der Waals surface area (Å²) in [5.41, 5.74) is -1.47. The third-order valence-corrected chi connectivity index (χ3v) is 6.30. The van der Waals surface area contributed by atoms with Crippen LogP contribution in [0.25, 0.3) is 22.3 Å². The molecule has 1 aliphatic heterocycles. The maximum Gasteiger partial charge on any atom is 0.449 e. The summed E-state index contributed by atoms with van der Waals surface area (Å²) < 4.78 is 63.9. The van der Waals surface area contributed by atoms with E-state index in [0.29, 0.717) is 24.0 Å². The molecule has 4 heterocycles. The fourth-order valence-corrected chi connectivity index (χ4v) is 4.43. The van der Waals surface area contributed by atoms with Crippen molar-refractivity contribution in [1.29, 1.82) is 5.26 Å². The van der Waals surface area contributed by atoms with Gasteiger partial charge in [-0.25, -0.2) is 19.3 Å². The Labute approximate surface area is 207 Å². The Balaban J connectivity index is 1.72. The number of benzene rings is 1. The summed E-state index contributed by atoms with van der Waals surface area (Å²) in [5, 5.41) is 13.2. The van der Waals surface area contributed by atoms with E-state index in [9.17, 15) is 18.0 Å². The highest BCUT2D eigenvalue weighted by atomic mass is 19.4. The van der Waals surface area contributed by atoms with Gasteiger partial charge in [-0.2, -0.15) is 23.5 Å². The average Bonchev–Trinajstić information content (AvgIpc) is 3.31. The van der Waals surface area contributed by atoms with E-state index in [2.05, 4.69) is 20.1 Å². The van der Waals surface area contributed by atoms with Crippen LogP contribution in [-0.4, -0.2) is 35.9 Å². The highest BCUT2D eigenvalue weighted by Crippen LogP contribution is 2.38. The van der Waals surface area contributed by atoms with Crippen molar-refractivity contribution in [2.75, 3.05) is 6.61 Å². The lowest BCUT2D eigenvalue weighted by Gasteiger charge is -2.28. The van der Waals surface area contributed by atoms with E-state index in [1.54, 1.807) is 24.0 Å². The van der Waals surface area contributed by atoms with Crippen LogP contribution in [0, 0.1) is 17.1 Å². The van der Waals surface area contributed by atoms with E-state index >= 15 is 4.39 Å². The lowest BCUT2D eigenvalue weighted by atomic mass is 9.92. The van der Waals surface area contributed by atoms with Crippen LogP contribution < -0.4 is 5.56 Å². The molecule has 1 fully saturated rings. The zero-order chi connectivity index (χ0) is 26.5. The largest absolute Gasteiger partial charge is 0.449 e. The monoisotopic (exact) mass is 513 g/mol. The first-order valence-corrected chi connectivity index (χ1v) is 11.2. The van der Waals surface area contributed by atoms with Crippen molar-refractivity contribution in [2.45, 2.75) is 31.0 Å². The molecule has 0 spiro atoms. The van der Waals surface area contributed by atoms with E-state index in [1.165, 1.54) is 12.1 Å². The van der Waals surface area contributed by atoms with Crippen molar-refractivity contribution in [3.63, 3.8) is 0 Å². The minimum absolute atomic E-state index is 0.0171. The number of nitriles is 1. The SMILES string of the molecule is Cn1cc([C@H]2C[C@H](c3nc(-c4ccc(C#N)cc4F)c4nc(C(F)(F)F)n(C)c(=O)c4n3)CCO2)cn1. The molecule has 1 saturated heterocycles. The smallest absolute Gasteiger partial charge is 0.373 e. The molecule has 37 heavy (non-hydrogen) atoms. The van der Waals surface area contributed by atoms with Crippen LogP contribution in [-0.2, 0) is 25.0 Å². The Morgan fingerprint density at radius 3 is 2.59 bits per heavy atom. The first kappa shape index (κ1) is 24.5. The van der Waals surface area contributed by atoms with Crippen molar-refractivity contribution in [3.05, 3.63) is 69.5 Å². The molecule has 13 heteroatoms. The van der Waals surface area contributed by atoms with Gasteiger partial charge in [0.2, 0.25) is 5.82 Å². The maximum absolute atomic E-state index is 15.1. The summed E-state index contributed by atoms with van der Waals surface area (Å²) in [4.78, 5) is 25.5. The molecule has 0 amide bonds. The number of rotatable bonds is 3. The number of halogens is 4. The predicted octanol–water partition coefficient (Wildman–Crippen LogP) is 3.79. The van der Waals surface area contributed by atoms with Crippen LogP contribution in [0.2, 0.25) is 0 Å². The zero-order valence-electron chi connectivity index (χ0n) is 19.6. The first-order valence-electron chi connectivity index (χ1n) is 11.2. The Kier molecular flexibility index (Phi) is 5.99. The summed E-state index contributed by atoms with van der Waals surface area (Å²) >= 11 is 0. The van der Waals surface area contributed by atoms with Crippen molar-refractivity contribution in [3.8, 4) is 17.3 Å². The topological polar surface area (TPSA) is 112 Å². The number of hydrogen-bond acceptors (Lipinski definition) is 7. The predicted molar refractivity (Wildman–Crippen MR) is 122 cm³/mol. The van der Waals surface area contributed by atoms with Crippen LogP contribution >= 0.6 is 0 Å². The van der Waals surface area contributed by atoms with E-state index in [0.717, 1.165) is 18.7 Å². The van der Waals surface area contributed by atoms with Gasteiger partial charge in [0.25, 0.3) is 5.56 Å². The molecular formula is C24H19F4N7O2. The van der Waals surface area contributed by atoms with Gasteiger partial charge in [-0.05, 0) is 31.0 Å². The number of alkyl halides is 3. The molecule has 190 valence electrons. The Morgan fingerprint density at radius 2 is 1.95 bits per heavy atom. The van der Waals surface area contributed by atoms with Crippen LogP contribution in [0.15, 0.2) is 35.4 Å². The molecular weight excluding hydrogens is 494 g/mol. The molecule has 2 atom stereocenters. The first-order chi connectivity index (χ1) is 17.6. The third-order valence-electron chi connectivity index (χ3n) is 6.30. The number of aryl methyl sites for hydroxylation is 1. The molecule has 0 unspecified atom stereocenters. The number of fused-ring (bicyclic) bond motifs is 1. The Hall–Kier alpha value is -4.18. The third kappa shape index (κ3) is 4.44. The second kappa shape index (κ2) is 9.04. The molecule has 0 radical (unpaired) electrons. The molecule has 1 aliphatic rings. The van der Waals surface area contributed by atoms with Crippen LogP contribution in [0.5, 0.6) is 0 Å². The van der Waals surface area contributed by atoms with Crippen LogP contribution in [0.4, 0.5) is 17.6 Å². The van der Waals surface area contributed by atoms with E-state index in [1.807, 2.05) is 6.20 Å². The molecule has 0 saturated carbocycles. The fraction of sp³-hybridized carbons (Fsp3) is 0.333. The molecule has 9 nitrogen and oxygen atoms in total. The van der Waals surface area contributed by atoms with E-state index in [4.69, 9.17) is 10.00 Å². The number of nitrogens with zero attached hydrogens (tertiary/aromatic N) is 7. The minimum atomic E-state index is -4.95. The standard InChI is InChI=1S/C24H19F4N7O2/c1-34-11-14(10-30-34)17-8-13(5-6-37-17)21-31-18(15-4-3-12(9-29)7-16(15)25)19-20(32-21)22(36)35(2)23(33-19)24(26,27)28/h3-4,7,10-11,13,17H,5-6,8H2,1-2H3/t13-,17-/m1/s1. The van der Waals surface area contributed by atoms with Gasteiger partial charge in [-0.1, -0.05) is 0 Å². The van der Waals surface area contributed by atoms with Crippen molar-refractivity contribution >= 4 is 11.0 Å². The summed E-state index contributed by atoms with van der Waals surface area (Å²) in [6.45, 7) is 0.343. The summed E-state index contributed by atoms with van der Waals surface area (Å²) in [5.74, 6) is -2.52. The average molecular weight is 513 g/mol. The lowest BCUT2D eigenvalue weighted by molar-refractivity contribution is -0.147. The zero-order valence-corrected chi connectivity index (χ0v) is 19.6. The molecule has 3 aromatic heterocycles. The van der Waals surface area contributed by atoms with Gasteiger partial charge in [0, 0.05) is 43.9 Å². The van der Waals surface area contributed by atoms with Gasteiger partial charge in [0.15, 0.2) is 5.52 Å². The highest BCUT2D eigenvalue weighted by Gasteiger charge is 2.38. The molecule has 5 rings (SSSR count). The lowest BCUT2D eigenvalue weighted by Crippen LogP contribution is -2.29. The number of ether oxygens (including phenoxy) is 1. The number of hydrogen-bond donors (Lipinski definition) is 0. The minimum Gasteiger partial charge on any atom is -0.373 e. The van der Waals surface area contributed by atoms with Gasteiger partial charge >= 0.3 is 6.18 Å². The van der Waals surface area contributed by atoms with Gasteiger partial charge in [-0.15, -0.1) is 0 Å². The van der Waals surface area contributed by atoms with Gasteiger partial charge in [0.1, 0.15) is 22.9 Å². The van der Waals surface area contributed by atoms with E-state index < -0.39 is 28.9 Å². The molecule has 0 N–H and O–H groups in total. The molecule has 0 aliphatic carbocycles. The second-order valence-electron chi connectivity index (χ2n) is 8.76. The normalized spacial score (nSPS) is 18.2. The van der Waals surface area contributed by atoms with Gasteiger partial charge in [0.05, 0.1) is 23.9 Å². The summed E-state index contributed by atoms with van der Waals surface area (Å²) in [7, 11) is 2.72. The molecule has 0 bridgehead atoms. The quantitative estimate of drug-likeness (QED) is 0.383. The van der Waals surface area contributed by atoms with Crippen molar-refractivity contribution in [2.24, 2.45) is 14.1 Å².